The molecule has 6 nitrogen and oxygen atoms in total. The third kappa shape index (κ3) is 4.04. The van der Waals surface area contributed by atoms with Gasteiger partial charge in [-0.25, -0.2) is 22.5 Å². The van der Waals surface area contributed by atoms with Crippen LogP contribution in [0.25, 0.3) is 11.3 Å². The van der Waals surface area contributed by atoms with Gasteiger partial charge in [0.1, 0.15) is 11.6 Å². The molecule has 29 heavy (non-hydrogen) atoms. The Labute approximate surface area is 169 Å². The number of anilines is 1. The van der Waals surface area contributed by atoms with E-state index >= 15 is 0 Å². The average molecular weight is 415 g/mol. The summed E-state index contributed by atoms with van der Waals surface area (Å²) in [5, 5.41) is 0. The summed E-state index contributed by atoms with van der Waals surface area (Å²) in [6, 6.07) is 14.1. The van der Waals surface area contributed by atoms with Crippen LogP contribution in [0.4, 0.5) is 10.1 Å². The second-order valence-electron chi connectivity index (χ2n) is 7.15. The molecule has 0 radical (unpaired) electrons. The minimum Gasteiger partial charge on any atom is -0.368 e. The summed E-state index contributed by atoms with van der Waals surface area (Å²) < 4.78 is 40.7. The monoisotopic (exact) mass is 414 g/mol. The standard InChI is InChI=1S/C21H23FN4O2S/c1-23-29(27,28)17-9-10-20(18(22)12-17)26-11-5-8-16(14-26)21-24-13-19(25-21)15-6-3-2-4-7-15/h2-4,6-7,9-10,12-13,16,23H,5,8,11,14H2,1H3,(H,24,25). The van der Waals surface area contributed by atoms with Crippen LogP contribution in [0.5, 0.6) is 0 Å². The molecule has 0 amide bonds. The normalized spacial score (nSPS) is 17.4. The van der Waals surface area contributed by atoms with Gasteiger partial charge in [-0.1, -0.05) is 30.3 Å². The predicted octanol–water partition coefficient (Wildman–Crippen LogP) is 3.51. The van der Waals surface area contributed by atoms with Crippen LogP contribution in [0.1, 0.15) is 24.6 Å². The maximum absolute atomic E-state index is 14.7. The topological polar surface area (TPSA) is 78.1 Å². The van der Waals surface area contributed by atoms with Crippen molar-refractivity contribution in [2.45, 2.75) is 23.7 Å². The predicted molar refractivity (Wildman–Crippen MR) is 111 cm³/mol. The maximum atomic E-state index is 14.7. The number of imidazole rings is 1. The number of nitrogens with one attached hydrogen (secondary N) is 2. The number of hydrogen-bond donors (Lipinski definition) is 2. The van der Waals surface area contributed by atoms with Gasteiger partial charge in [0.05, 0.1) is 22.5 Å². The van der Waals surface area contributed by atoms with Crippen LogP contribution in [0.2, 0.25) is 0 Å². The number of rotatable bonds is 5. The number of sulfonamides is 1. The fourth-order valence-electron chi connectivity index (χ4n) is 3.76. The third-order valence-corrected chi connectivity index (χ3v) is 6.74. The zero-order chi connectivity index (χ0) is 20.4. The molecule has 1 aliphatic rings. The van der Waals surface area contributed by atoms with E-state index < -0.39 is 15.8 Å². The summed E-state index contributed by atoms with van der Waals surface area (Å²) >= 11 is 0. The minimum atomic E-state index is -3.67. The highest BCUT2D eigenvalue weighted by Crippen LogP contribution is 2.31. The lowest BCUT2D eigenvalue weighted by Gasteiger charge is -2.33. The van der Waals surface area contributed by atoms with Crippen molar-refractivity contribution in [3.63, 3.8) is 0 Å². The Kier molecular flexibility index (Phi) is 5.38. The van der Waals surface area contributed by atoms with E-state index in [-0.39, 0.29) is 10.8 Å². The largest absolute Gasteiger partial charge is 0.368 e. The molecular weight excluding hydrogens is 391 g/mol. The summed E-state index contributed by atoms with van der Waals surface area (Å²) in [6.07, 6.45) is 3.70. The van der Waals surface area contributed by atoms with Gasteiger partial charge < -0.3 is 9.88 Å². The lowest BCUT2D eigenvalue weighted by Crippen LogP contribution is -2.35. The van der Waals surface area contributed by atoms with Crippen molar-refractivity contribution < 1.29 is 12.8 Å². The summed E-state index contributed by atoms with van der Waals surface area (Å²) in [4.78, 5) is 9.85. The molecule has 2 aromatic carbocycles. The highest BCUT2D eigenvalue weighted by molar-refractivity contribution is 7.89. The Hall–Kier alpha value is -2.71. The second kappa shape index (κ2) is 7.96. The van der Waals surface area contributed by atoms with Gasteiger partial charge in [-0.2, -0.15) is 0 Å². The fraction of sp³-hybridized carbons (Fsp3) is 0.286. The molecule has 0 saturated carbocycles. The molecule has 1 fully saturated rings. The first-order chi connectivity index (χ1) is 14.0. The summed E-state index contributed by atoms with van der Waals surface area (Å²) in [6.45, 7) is 1.34. The van der Waals surface area contributed by atoms with Crippen molar-refractivity contribution in [3.8, 4) is 11.3 Å². The van der Waals surface area contributed by atoms with E-state index in [1.807, 2.05) is 41.4 Å². The van der Waals surface area contributed by atoms with Gasteiger partial charge in [0.15, 0.2) is 0 Å². The van der Waals surface area contributed by atoms with Crippen LogP contribution in [0.3, 0.4) is 0 Å². The zero-order valence-electron chi connectivity index (χ0n) is 16.1. The molecule has 2 heterocycles. The number of piperidine rings is 1. The molecule has 0 bridgehead atoms. The van der Waals surface area contributed by atoms with Gasteiger partial charge in [-0.15, -0.1) is 0 Å². The van der Waals surface area contributed by atoms with E-state index in [0.29, 0.717) is 12.2 Å². The van der Waals surface area contributed by atoms with Crippen LogP contribution >= 0.6 is 0 Å². The van der Waals surface area contributed by atoms with E-state index in [1.165, 1.54) is 13.1 Å². The van der Waals surface area contributed by atoms with Gasteiger partial charge >= 0.3 is 0 Å². The first-order valence-electron chi connectivity index (χ1n) is 9.56. The van der Waals surface area contributed by atoms with Crippen LogP contribution in [-0.4, -0.2) is 38.5 Å². The lowest BCUT2D eigenvalue weighted by atomic mass is 9.97. The molecule has 152 valence electrons. The van der Waals surface area contributed by atoms with E-state index in [1.54, 1.807) is 6.07 Å². The minimum absolute atomic E-state index is 0.0756. The Balaban J connectivity index is 1.54. The van der Waals surface area contributed by atoms with Crippen LogP contribution in [0.15, 0.2) is 59.6 Å². The molecule has 3 aromatic rings. The molecule has 0 aliphatic carbocycles. The molecule has 1 aliphatic heterocycles. The van der Waals surface area contributed by atoms with Gasteiger partial charge in [0.2, 0.25) is 10.0 Å². The molecule has 1 saturated heterocycles. The quantitative estimate of drug-likeness (QED) is 0.670. The highest BCUT2D eigenvalue weighted by Gasteiger charge is 2.26. The first-order valence-corrected chi connectivity index (χ1v) is 11.0. The average Bonchev–Trinajstić information content (AvgIpc) is 3.25. The van der Waals surface area contributed by atoms with E-state index in [2.05, 4.69) is 14.7 Å². The highest BCUT2D eigenvalue weighted by atomic mass is 32.2. The smallest absolute Gasteiger partial charge is 0.240 e. The Morgan fingerprint density at radius 3 is 2.72 bits per heavy atom. The number of benzene rings is 2. The van der Waals surface area contributed by atoms with Gasteiger partial charge in [-0.3, -0.25) is 0 Å². The van der Waals surface area contributed by atoms with Crippen molar-refractivity contribution in [1.29, 1.82) is 0 Å². The second-order valence-corrected chi connectivity index (χ2v) is 9.04. The number of aromatic nitrogens is 2. The summed E-state index contributed by atoms with van der Waals surface area (Å²) in [5.41, 5.74) is 2.46. The molecular formula is C21H23FN4O2S. The molecule has 2 N–H and O–H groups in total. The molecule has 1 atom stereocenters. The molecule has 1 aromatic heterocycles. The van der Waals surface area contributed by atoms with Crippen molar-refractivity contribution >= 4 is 15.7 Å². The number of hydrogen-bond acceptors (Lipinski definition) is 4. The SMILES string of the molecule is CNS(=O)(=O)c1ccc(N2CCCC(c3ncc(-c4ccccc4)[nH]3)C2)c(F)c1. The van der Waals surface area contributed by atoms with Crippen LogP contribution in [0, 0.1) is 5.82 Å². The Morgan fingerprint density at radius 2 is 2.00 bits per heavy atom. The molecule has 8 heteroatoms. The van der Waals surface area contributed by atoms with Gasteiger partial charge in [-0.05, 0) is 43.7 Å². The van der Waals surface area contributed by atoms with Crippen molar-refractivity contribution in [2.24, 2.45) is 0 Å². The lowest BCUT2D eigenvalue weighted by molar-refractivity contribution is 0.486. The van der Waals surface area contributed by atoms with E-state index in [9.17, 15) is 12.8 Å². The van der Waals surface area contributed by atoms with Crippen molar-refractivity contribution in [3.05, 3.63) is 66.4 Å². The molecule has 1 unspecified atom stereocenters. The summed E-state index contributed by atoms with van der Waals surface area (Å²) in [7, 11) is -2.36. The third-order valence-electron chi connectivity index (χ3n) is 5.33. The van der Waals surface area contributed by atoms with Crippen LogP contribution < -0.4 is 9.62 Å². The van der Waals surface area contributed by atoms with E-state index in [0.717, 1.165) is 42.5 Å². The number of aromatic amines is 1. The molecule has 4 rings (SSSR count). The molecule has 0 spiro atoms. The zero-order valence-corrected chi connectivity index (χ0v) is 16.9. The maximum Gasteiger partial charge on any atom is 0.240 e. The van der Waals surface area contributed by atoms with E-state index in [4.69, 9.17) is 0 Å². The fourth-order valence-corrected chi connectivity index (χ4v) is 4.50. The number of halogens is 1. The first kappa shape index (κ1) is 19.6. The Bertz CT molecular complexity index is 1100. The number of H-pyrrole nitrogens is 1. The van der Waals surface area contributed by atoms with Gasteiger partial charge in [0.25, 0.3) is 0 Å². The number of nitrogens with zero attached hydrogens (tertiary/aromatic N) is 2. The van der Waals surface area contributed by atoms with Crippen LogP contribution in [-0.2, 0) is 10.0 Å². The van der Waals surface area contributed by atoms with Crippen molar-refractivity contribution in [1.82, 2.24) is 14.7 Å². The summed E-state index contributed by atoms with van der Waals surface area (Å²) in [5.74, 6) is 0.510. The van der Waals surface area contributed by atoms with Crippen molar-refractivity contribution in [2.75, 3.05) is 25.0 Å². The van der Waals surface area contributed by atoms with Gasteiger partial charge in [0, 0.05) is 19.0 Å². The Morgan fingerprint density at radius 1 is 1.21 bits per heavy atom.